The molecule has 2 aliphatic rings. The summed E-state index contributed by atoms with van der Waals surface area (Å²) >= 11 is 0. The Morgan fingerprint density at radius 2 is 1.87 bits per heavy atom. The molecular weight excluding hydrogens is 405 g/mol. The summed E-state index contributed by atoms with van der Waals surface area (Å²) in [6.45, 7) is 4.05. The number of piperidine rings is 1. The van der Waals surface area contributed by atoms with Crippen LogP contribution in [0, 0.1) is 6.92 Å². The number of rotatable bonds is 6. The lowest BCUT2D eigenvalue weighted by Gasteiger charge is -2.40. The third kappa shape index (κ3) is 4.66. The van der Waals surface area contributed by atoms with Crippen LogP contribution < -0.4 is 9.64 Å². The van der Waals surface area contributed by atoms with Crippen LogP contribution >= 0.6 is 0 Å². The lowest BCUT2D eigenvalue weighted by Crippen LogP contribution is -2.47. The zero-order valence-electron chi connectivity index (χ0n) is 17.9. The number of hydrogen-bond acceptors (Lipinski definition) is 4. The highest BCUT2D eigenvalue weighted by atomic mass is 19.4. The fourth-order valence-corrected chi connectivity index (χ4v) is 4.95. The van der Waals surface area contributed by atoms with Gasteiger partial charge in [0.25, 0.3) is 0 Å². The smallest absolute Gasteiger partial charge is 0.417 e. The predicted molar refractivity (Wildman–Crippen MR) is 113 cm³/mol. The Labute approximate surface area is 181 Å². The van der Waals surface area contributed by atoms with Crippen molar-refractivity contribution in [2.75, 3.05) is 4.90 Å². The fraction of sp³-hybridized carbons (Fsp3) is 0.542. The van der Waals surface area contributed by atoms with Gasteiger partial charge in [-0.25, -0.2) is 4.98 Å². The standard InChI is InChI=1S/C24H29F3N2O2/c1-3-4-21(30)20-11-15(2)5-9-22(20)31-19-12-17-7-8-18(13-19)29(17)23-10-6-16(14-28-23)24(25,26)27/h5-6,9-11,14,17-19,21,30H,3-4,7-8,12-13H2,1-2H3/t17-,18+,19?,21?. The Hall–Kier alpha value is -2.28. The van der Waals surface area contributed by atoms with E-state index in [2.05, 4.69) is 9.88 Å². The van der Waals surface area contributed by atoms with Crippen molar-refractivity contribution in [3.63, 3.8) is 0 Å². The van der Waals surface area contributed by atoms with E-state index in [9.17, 15) is 18.3 Å². The van der Waals surface area contributed by atoms with E-state index < -0.39 is 17.8 Å². The highest BCUT2D eigenvalue weighted by Crippen LogP contribution is 2.41. The highest BCUT2D eigenvalue weighted by Gasteiger charge is 2.42. The van der Waals surface area contributed by atoms with Crippen LogP contribution in [0.2, 0.25) is 0 Å². The average molecular weight is 435 g/mol. The van der Waals surface area contributed by atoms with Crippen LogP contribution in [0.25, 0.3) is 0 Å². The van der Waals surface area contributed by atoms with E-state index in [0.29, 0.717) is 12.2 Å². The molecule has 0 aliphatic carbocycles. The summed E-state index contributed by atoms with van der Waals surface area (Å²) in [7, 11) is 0. The van der Waals surface area contributed by atoms with Crippen molar-refractivity contribution in [2.24, 2.45) is 0 Å². The third-order valence-electron chi connectivity index (χ3n) is 6.41. The van der Waals surface area contributed by atoms with Crippen molar-refractivity contribution < 1.29 is 23.0 Å². The first-order valence-electron chi connectivity index (χ1n) is 11.0. The molecule has 1 N–H and O–H groups in total. The molecule has 0 spiro atoms. The molecule has 0 radical (unpaired) electrons. The number of halogens is 3. The van der Waals surface area contributed by atoms with Crippen LogP contribution in [-0.2, 0) is 6.18 Å². The molecule has 4 atom stereocenters. The number of hydrogen-bond donors (Lipinski definition) is 1. The number of aliphatic hydroxyl groups excluding tert-OH is 1. The van der Waals surface area contributed by atoms with E-state index in [0.717, 1.165) is 61.2 Å². The zero-order valence-corrected chi connectivity index (χ0v) is 17.9. The van der Waals surface area contributed by atoms with E-state index in [1.807, 2.05) is 32.0 Å². The van der Waals surface area contributed by atoms with Gasteiger partial charge in [-0.1, -0.05) is 25.0 Å². The van der Waals surface area contributed by atoms with Crippen LogP contribution in [0.4, 0.5) is 19.0 Å². The Morgan fingerprint density at radius 1 is 1.16 bits per heavy atom. The second kappa shape index (κ2) is 8.69. The van der Waals surface area contributed by atoms with Crippen LogP contribution in [-0.4, -0.2) is 28.3 Å². The molecule has 31 heavy (non-hydrogen) atoms. The van der Waals surface area contributed by atoms with E-state index in [1.54, 1.807) is 0 Å². The van der Waals surface area contributed by atoms with Crippen LogP contribution in [0.15, 0.2) is 36.5 Å². The first-order valence-corrected chi connectivity index (χ1v) is 11.0. The molecule has 1 aromatic heterocycles. The Balaban J connectivity index is 1.48. The Bertz CT molecular complexity index is 887. The molecule has 7 heteroatoms. The molecule has 3 heterocycles. The Morgan fingerprint density at radius 3 is 2.45 bits per heavy atom. The number of fused-ring (bicyclic) bond motifs is 2. The Kier molecular flexibility index (Phi) is 6.15. The summed E-state index contributed by atoms with van der Waals surface area (Å²) in [5.74, 6) is 1.34. The molecule has 168 valence electrons. The number of nitrogens with zero attached hydrogens (tertiary/aromatic N) is 2. The monoisotopic (exact) mass is 434 g/mol. The molecule has 0 amide bonds. The molecule has 2 unspecified atom stereocenters. The van der Waals surface area contributed by atoms with Crippen LogP contribution in [0.1, 0.15) is 68.2 Å². The maximum Gasteiger partial charge on any atom is 0.417 e. The normalized spacial score (nSPS) is 24.3. The summed E-state index contributed by atoms with van der Waals surface area (Å²) in [5.41, 5.74) is 1.20. The van der Waals surface area contributed by atoms with Gasteiger partial charge in [0, 0.05) is 36.7 Å². The number of alkyl halides is 3. The maximum absolute atomic E-state index is 12.9. The maximum atomic E-state index is 12.9. The van der Waals surface area contributed by atoms with E-state index in [1.165, 1.54) is 6.07 Å². The molecule has 4 nitrogen and oxygen atoms in total. The first-order chi connectivity index (χ1) is 14.8. The number of aliphatic hydroxyl groups is 1. The van der Waals surface area contributed by atoms with E-state index >= 15 is 0 Å². The number of benzene rings is 1. The van der Waals surface area contributed by atoms with Gasteiger partial charge in [0.2, 0.25) is 0 Å². The van der Waals surface area contributed by atoms with Crippen molar-refractivity contribution >= 4 is 5.82 Å². The van der Waals surface area contributed by atoms with Crippen molar-refractivity contribution in [3.05, 3.63) is 53.2 Å². The average Bonchev–Trinajstić information content (AvgIpc) is 2.99. The van der Waals surface area contributed by atoms with Gasteiger partial charge in [0.15, 0.2) is 0 Å². The summed E-state index contributed by atoms with van der Waals surface area (Å²) in [6, 6.07) is 8.91. The van der Waals surface area contributed by atoms with Crippen molar-refractivity contribution in [3.8, 4) is 5.75 Å². The molecule has 2 fully saturated rings. The van der Waals surface area contributed by atoms with Crippen LogP contribution in [0.5, 0.6) is 5.75 Å². The zero-order chi connectivity index (χ0) is 22.2. The minimum atomic E-state index is -4.38. The molecule has 2 bridgehead atoms. The minimum Gasteiger partial charge on any atom is -0.490 e. The van der Waals surface area contributed by atoms with Gasteiger partial charge in [-0.15, -0.1) is 0 Å². The van der Waals surface area contributed by atoms with Crippen molar-refractivity contribution in [2.45, 2.75) is 82.8 Å². The largest absolute Gasteiger partial charge is 0.490 e. The van der Waals surface area contributed by atoms with Gasteiger partial charge in [0.05, 0.1) is 11.7 Å². The summed E-state index contributed by atoms with van der Waals surface area (Å²) in [4.78, 5) is 6.29. The predicted octanol–water partition coefficient (Wildman–Crippen LogP) is 5.82. The van der Waals surface area contributed by atoms with Crippen LogP contribution in [0.3, 0.4) is 0 Å². The van der Waals surface area contributed by atoms with Gasteiger partial charge >= 0.3 is 6.18 Å². The summed E-state index contributed by atoms with van der Waals surface area (Å²) in [5, 5.41) is 10.6. The second-order valence-corrected chi connectivity index (χ2v) is 8.75. The molecule has 1 aromatic carbocycles. The lowest BCUT2D eigenvalue weighted by atomic mass is 9.98. The first kappa shape index (κ1) is 21.9. The van der Waals surface area contributed by atoms with Gasteiger partial charge in [-0.05, 0) is 50.5 Å². The molecule has 2 saturated heterocycles. The van der Waals surface area contributed by atoms with Gasteiger partial charge in [-0.3, -0.25) is 0 Å². The fourth-order valence-electron chi connectivity index (χ4n) is 4.95. The lowest BCUT2D eigenvalue weighted by molar-refractivity contribution is -0.137. The number of aryl methyl sites for hydroxylation is 1. The molecule has 0 saturated carbocycles. The molecule has 2 aromatic rings. The number of anilines is 1. The molecule has 4 rings (SSSR count). The minimum absolute atomic E-state index is 0.0125. The van der Waals surface area contributed by atoms with Gasteiger partial charge in [0.1, 0.15) is 17.7 Å². The molecule has 2 aliphatic heterocycles. The number of aromatic nitrogens is 1. The number of ether oxygens (including phenoxy) is 1. The van der Waals surface area contributed by atoms with E-state index in [-0.39, 0.29) is 18.2 Å². The number of pyridine rings is 1. The third-order valence-corrected chi connectivity index (χ3v) is 6.41. The van der Waals surface area contributed by atoms with Gasteiger partial charge in [-0.2, -0.15) is 13.2 Å². The van der Waals surface area contributed by atoms with E-state index in [4.69, 9.17) is 4.74 Å². The second-order valence-electron chi connectivity index (χ2n) is 8.75. The van der Waals surface area contributed by atoms with Crippen molar-refractivity contribution in [1.82, 2.24) is 4.98 Å². The quantitative estimate of drug-likeness (QED) is 0.622. The summed E-state index contributed by atoms with van der Waals surface area (Å²) in [6.07, 6.45) is 1.11. The SMILES string of the molecule is CCCC(O)c1cc(C)ccc1OC1C[C@H]2CC[C@@H](C1)N2c1ccc(C(F)(F)F)cn1. The van der Waals surface area contributed by atoms with Gasteiger partial charge < -0.3 is 14.7 Å². The highest BCUT2D eigenvalue weighted by molar-refractivity contribution is 5.45. The summed E-state index contributed by atoms with van der Waals surface area (Å²) < 4.78 is 45.0. The van der Waals surface area contributed by atoms with Crippen molar-refractivity contribution in [1.29, 1.82) is 0 Å². The topological polar surface area (TPSA) is 45.6 Å². The molecular formula is C24H29F3N2O2.